The van der Waals surface area contributed by atoms with Gasteiger partial charge in [-0.25, -0.2) is 0 Å². The zero-order chi connectivity index (χ0) is 21.4. The maximum Gasteiger partial charge on any atom is 0.251 e. The van der Waals surface area contributed by atoms with Crippen LogP contribution in [-0.2, 0) is 30.7 Å². The quantitative estimate of drug-likeness (QED) is 0.687. The van der Waals surface area contributed by atoms with Crippen molar-refractivity contribution >= 4 is 22.7 Å². The van der Waals surface area contributed by atoms with E-state index in [0.29, 0.717) is 18.7 Å². The number of nitrogens with one attached hydrogen (secondary N) is 2. The van der Waals surface area contributed by atoms with Crippen LogP contribution >= 0.6 is 0 Å². The summed E-state index contributed by atoms with van der Waals surface area (Å²) in [6, 6.07) is 14.4. The Bertz CT molecular complexity index is 1150. The van der Waals surface area contributed by atoms with Gasteiger partial charge in [0.1, 0.15) is 0 Å². The zero-order valence-electron chi connectivity index (χ0n) is 17.9. The number of nitrogens with zero attached hydrogens (tertiary/aromatic N) is 2. The molecule has 2 N–H and O–H groups in total. The highest BCUT2D eigenvalue weighted by Crippen LogP contribution is 2.28. The Morgan fingerprint density at radius 2 is 1.87 bits per heavy atom. The van der Waals surface area contributed by atoms with E-state index in [-0.39, 0.29) is 11.8 Å². The number of hydrogen-bond acceptors (Lipinski definition) is 3. The highest BCUT2D eigenvalue weighted by Gasteiger charge is 2.23. The van der Waals surface area contributed by atoms with E-state index < -0.39 is 0 Å². The van der Waals surface area contributed by atoms with Crippen LogP contribution in [0.15, 0.2) is 42.5 Å². The standard InChI is InChI=1S/C25H28N4O2/c1-17(30)29-12-9-24-22(16-29)21-14-19(6-7-23(21)27-24)25(31)26-10-13-28-11-8-18-4-2-3-5-20(18)15-28/h2-7,14,27H,8-13,15-16H2,1H3,(H,26,31). The van der Waals surface area contributed by atoms with Crippen LogP contribution in [-0.4, -0.2) is 52.8 Å². The molecule has 0 fully saturated rings. The third kappa shape index (κ3) is 3.95. The smallest absolute Gasteiger partial charge is 0.251 e. The lowest BCUT2D eigenvalue weighted by Gasteiger charge is -2.28. The van der Waals surface area contributed by atoms with Crippen molar-refractivity contribution < 1.29 is 9.59 Å². The van der Waals surface area contributed by atoms with Crippen LogP contribution < -0.4 is 5.32 Å². The highest BCUT2D eigenvalue weighted by molar-refractivity contribution is 5.99. The van der Waals surface area contributed by atoms with Crippen molar-refractivity contribution in [1.82, 2.24) is 20.1 Å². The molecule has 6 heteroatoms. The molecule has 0 spiro atoms. The van der Waals surface area contributed by atoms with E-state index in [2.05, 4.69) is 39.5 Å². The monoisotopic (exact) mass is 416 g/mol. The van der Waals surface area contributed by atoms with Crippen LogP contribution in [0.2, 0.25) is 0 Å². The van der Waals surface area contributed by atoms with Gasteiger partial charge >= 0.3 is 0 Å². The summed E-state index contributed by atoms with van der Waals surface area (Å²) in [5, 5.41) is 4.12. The van der Waals surface area contributed by atoms with Crippen molar-refractivity contribution in [2.24, 2.45) is 0 Å². The number of H-pyrrole nitrogens is 1. The average molecular weight is 417 g/mol. The molecule has 1 aromatic heterocycles. The molecule has 0 aliphatic carbocycles. The second kappa shape index (κ2) is 8.19. The first-order valence-electron chi connectivity index (χ1n) is 11.0. The summed E-state index contributed by atoms with van der Waals surface area (Å²) < 4.78 is 0. The SMILES string of the molecule is CC(=O)N1CCc2[nH]c3ccc(C(=O)NCCN4CCc5ccccc5C4)cc3c2C1. The van der Waals surface area contributed by atoms with Gasteiger partial charge in [-0.05, 0) is 35.7 Å². The molecule has 0 radical (unpaired) electrons. The van der Waals surface area contributed by atoms with Gasteiger partial charge in [0.05, 0.1) is 0 Å². The van der Waals surface area contributed by atoms with Crippen molar-refractivity contribution in [3.8, 4) is 0 Å². The van der Waals surface area contributed by atoms with Crippen LogP contribution in [0.3, 0.4) is 0 Å². The topological polar surface area (TPSA) is 68.4 Å². The molecule has 2 aromatic carbocycles. The van der Waals surface area contributed by atoms with Crippen molar-refractivity contribution in [2.75, 3.05) is 26.2 Å². The Morgan fingerprint density at radius 1 is 1.03 bits per heavy atom. The lowest BCUT2D eigenvalue weighted by atomic mass is 10.00. The number of carbonyl (C=O) groups is 2. The predicted octanol–water partition coefficient (Wildman–Crippen LogP) is 2.86. The van der Waals surface area contributed by atoms with Crippen molar-refractivity contribution in [3.05, 3.63) is 70.4 Å². The minimum atomic E-state index is -0.0477. The van der Waals surface area contributed by atoms with E-state index in [1.807, 2.05) is 23.1 Å². The van der Waals surface area contributed by atoms with Crippen molar-refractivity contribution in [3.63, 3.8) is 0 Å². The van der Waals surface area contributed by atoms with Gasteiger partial charge in [0, 0.05) is 80.3 Å². The van der Waals surface area contributed by atoms with Gasteiger partial charge in [-0.2, -0.15) is 0 Å². The molecular weight excluding hydrogens is 388 g/mol. The van der Waals surface area contributed by atoms with Gasteiger partial charge in [0.25, 0.3) is 5.91 Å². The summed E-state index contributed by atoms with van der Waals surface area (Å²) in [5.74, 6) is 0.0442. The summed E-state index contributed by atoms with van der Waals surface area (Å²) in [7, 11) is 0. The zero-order valence-corrected chi connectivity index (χ0v) is 17.9. The lowest BCUT2D eigenvalue weighted by Crippen LogP contribution is -2.37. The van der Waals surface area contributed by atoms with E-state index in [0.717, 1.165) is 55.5 Å². The van der Waals surface area contributed by atoms with Gasteiger partial charge in [0.2, 0.25) is 5.91 Å². The number of aromatic nitrogens is 1. The number of benzene rings is 2. The molecule has 6 nitrogen and oxygen atoms in total. The predicted molar refractivity (Wildman–Crippen MR) is 121 cm³/mol. The normalized spacial score (nSPS) is 16.1. The fourth-order valence-electron chi connectivity index (χ4n) is 4.80. The van der Waals surface area contributed by atoms with E-state index in [4.69, 9.17) is 0 Å². The average Bonchev–Trinajstić information content (AvgIpc) is 3.16. The van der Waals surface area contributed by atoms with E-state index in [9.17, 15) is 9.59 Å². The lowest BCUT2D eigenvalue weighted by molar-refractivity contribution is -0.129. The summed E-state index contributed by atoms with van der Waals surface area (Å²) in [4.78, 5) is 32.3. The Hall–Kier alpha value is -3.12. The molecule has 2 aliphatic rings. The van der Waals surface area contributed by atoms with E-state index in [1.165, 1.54) is 16.8 Å². The van der Waals surface area contributed by atoms with Crippen LogP contribution in [0.4, 0.5) is 0 Å². The number of hydrogen-bond donors (Lipinski definition) is 2. The van der Waals surface area contributed by atoms with Crippen LogP contribution in [0, 0.1) is 0 Å². The van der Waals surface area contributed by atoms with Crippen molar-refractivity contribution in [1.29, 1.82) is 0 Å². The second-order valence-corrected chi connectivity index (χ2v) is 8.58. The molecule has 2 amide bonds. The Balaban J connectivity index is 1.23. The Kier molecular flexibility index (Phi) is 5.24. The largest absolute Gasteiger partial charge is 0.358 e. The number of aromatic amines is 1. The van der Waals surface area contributed by atoms with Gasteiger partial charge in [-0.1, -0.05) is 24.3 Å². The summed E-state index contributed by atoms with van der Waals surface area (Å²) in [6.45, 7) is 6.40. The Labute approximate surface area is 182 Å². The molecule has 3 heterocycles. The molecule has 3 aromatic rings. The highest BCUT2D eigenvalue weighted by atomic mass is 16.2. The minimum absolute atomic E-state index is 0.0477. The fourth-order valence-corrected chi connectivity index (χ4v) is 4.80. The van der Waals surface area contributed by atoms with E-state index >= 15 is 0 Å². The van der Waals surface area contributed by atoms with Gasteiger partial charge in [-0.15, -0.1) is 0 Å². The van der Waals surface area contributed by atoms with Gasteiger partial charge < -0.3 is 15.2 Å². The summed E-state index contributed by atoms with van der Waals surface area (Å²) in [5.41, 5.74) is 6.84. The molecule has 160 valence electrons. The first-order chi connectivity index (χ1) is 15.1. The first-order valence-corrected chi connectivity index (χ1v) is 11.0. The fraction of sp³-hybridized carbons (Fsp3) is 0.360. The molecule has 2 aliphatic heterocycles. The maximum atomic E-state index is 12.8. The molecule has 0 saturated heterocycles. The third-order valence-corrected chi connectivity index (χ3v) is 6.61. The summed E-state index contributed by atoms with van der Waals surface area (Å²) in [6.07, 6.45) is 1.89. The molecule has 5 rings (SSSR count). The number of fused-ring (bicyclic) bond motifs is 4. The third-order valence-electron chi connectivity index (χ3n) is 6.61. The van der Waals surface area contributed by atoms with Gasteiger partial charge in [-0.3, -0.25) is 14.5 Å². The first kappa shape index (κ1) is 19.8. The summed E-state index contributed by atoms with van der Waals surface area (Å²) >= 11 is 0. The number of carbonyl (C=O) groups excluding carboxylic acids is 2. The number of amides is 2. The molecule has 0 saturated carbocycles. The van der Waals surface area contributed by atoms with Gasteiger partial charge in [0.15, 0.2) is 0 Å². The van der Waals surface area contributed by atoms with Crippen LogP contribution in [0.5, 0.6) is 0 Å². The van der Waals surface area contributed by atoms with Crippen LogP contribution in [0.1, 0.15) is 39.7 Å². The van der Waals surface area contributed by atoms with Crippen LogP contribution in [0.25, 0.3) is 10.9 Å². The molecule has 31 heavy (non-hydrogen) atoms. The molecule has 0 bridgehead atoms. The number of rotatable bonds is 4. The minimum Gasteiger partial charge on any atom is -0.358 e. The molecule has 0 atom stereocenters. The van der Waals surface area contributed by atoms with Crippen molar-refractivity contribution in [2.45, 2.75) is 32.9 Å². The second-order valence-electron chi connectivity index (χ2n) is 8.58. The maximum absolute atomic E-state index is 12.8. The van der Waals surface area contributed by atoms with E-state index in [1.54, 1.807) is 6.92 Å². The molecule has 0 unspecified atom stereocenters. The molecular formula is C25H28N4O2. The Morgan fingerprint density at radius 3 is 2.71 bits per heavy atom.